The summed E-state index contributed by atoms with van der Waals surface area (Å²) in [4.78, 5) is 51.6. The first-order valence-corrected chi connectivity index (χ1v) is 22.8. The van der Waals surface area contributed by atoms with Crippen molar-refractivity contribution in [2.45, 2.75) is 55.0 Å². The van der Waals surface area contributed by atoms with E-state index in [1.165, 1.54) is 5.56 Å². The fraction of sp³-hybridized carbons (Fsp3) is 0.231. The summed E-state index contributed by atoms with van der Waals surface area (Å²) >= 11 is 3.69. The topological polar surface area (TPSA) is 125 Å². The third kappa shape index (κ3) is 11.4. The van der Waals surface area contributed by atoms with E-state index in [4.69, 9.17) is 26.8 Å². The van der Waals surface area contributed by atoms with Gasteiger partial charge in [0, 0.05) is 0 Å². The predicted octanol–water partition coefficient (Wildman–Crippen LogP) is 6.07. The first kappa shape index (κ1) is 36.0. The van der Waals surface area contributed by atoms with E-state index >= 15 is 0 Å². The van der Waals surface area contributed by atoms with Gasteiger partial charge in [0.25, 0.3) is 0 Å². The minimum absolute atomic E-state index is 0.0521. The molecule has 49 heavy (non-hydrogen) atoms. The fourth-order valence-corrected chi connectivity index (χ4v) is 12.6. The average molecular weight is 781 g/mol. The van der Waals surface area contributed by atoms with Crippen LogP contribution in [0.5, 0.6) is 0 Å². The average Bonchev–Trinajstić information content (AvgIpc) is 3.56. The first-order chi connectivity index (χ1) is 23.7. The standard InChI is InChI=1S/C32H32N2O6.C7H6Cl.In/c1-3-22(2)31(37)34-28(14-9-15-30(36)39-21-23-10-5-4-6-11-23)32(38)40-27(20-29(33)35)19-24-16-17-25-12-7-8-13-26(25)18-24;1-6-2-4-7(8)5-3-6;/h1-8,10-13,16-18,27-28H,9,14-15,19-21H2,(H2,33,35)(H,34,37);2-5H,1H2;/t27-,28-;;/m0../s1. The molecule has 10 heteroatoms. The van der Waals surface area contributed by atoms with Gasteiger partial charge in [-0.2, -0.15) is 0 Å². The Morgan fingerprint density at radius 1 is 0.837 bits per heavy atom. The third-order valence-corrected chi connectivity index (χ3v) is 15.4. The van der Waals surface area contributed by atoms with Gasteiger partial charge in [-0.1, -0.05) is 54.6 Å². The Kier molecular flexibility index (Phi) is 13.1. The Labute approximate surface area is 298 Å². The Morgan fingerprint density at radius 2 is 1.55 bits per heavy atom. The number of ether oxygens (including phenoxy) is 2. The minimum atomic E-state index is -2.34. The Morgan fingerprint density at radius 3 is 2.31 bits per heavy atom. The van der Waals surface area contributed by atoms with Gasteiger partial charge < -0.3 is 0 Å². The van der Waals surface area contributed by atoms with Crippen LogP contribution in [0.4, 0.5) is 0 Å². The van der Waals surface area contributed by atoms with E-state index in [1.807, 2.05) is 103 Å². The number of esters is 2. The first-order valence-electron chi connectivity index (χ1n) is 16.3. The van der Waals surface area contributed by atoms with E-state index in [1.54, 1.807) is 0 Å². The number of nitrogens with one attached hydrogen (secondary N) is 1. The van der Waals surface area contributed by atoms with E-state index in [0.717, 1.165) is 26.1 Å². The van der Waals surface area contributed by atoms with Crippen LogP contribution in [0.1, 0.15) is 42.4 Å². The van der Waals surface area contributed by atoms with Crippen molar-refractivity contribution in [3.05, 3.63) is 138 Å². The Hall–Kier alpha value is -4.34. The predicted molar refractivity (Wildman–Crippen MR) is 191 cm³/mol. The molecule has 0 saturated carbocycles. The molecule has 1 heterocycles. The third-order valence-electron chi connectivity index (χ3n) is 8.26. The van der Waals surface area contributed by atoms with Gasteiger partial charge in [0.05, 0.1) is 0 Å². The van der Waals surface area contributed by atoms with Gasteiger partial charge >= 0.3 is 240 Å². The maximum absolute atomic E-state index is 13.7. The second kappa shape index (κ2) is 17.9. The number of benzene rings is 4. The number of rotatable bonds is 16. The van der Waals surface area contributed by atoms with E-state index in [0.29, 0.717) is 10.6 Å². The van der Waals surface area contributed by atoms with Crippen LogP contribution in [0.3, 0.4) is 0 Å². The summed E-state index contributed by atoms with van der Waals surface area (Å²) in [7, 11) is 0. The second-order valence-electron chi connectivity index (χ2n) is 12.2. The van der Waals surface area contributed by atoms with E-state index < -0.39 is 51.4 Å². The molecule has 2 atom stereocenters. The van der Waals surface area contributed by atoms with Crippen LogP contribution in [0.25, 0.3) is 10.8 Å². The van der Waals surface area contributed by atoms with Crippen LogP contribution in [-0.4, -0.2) is 57.3 Å². The molecule has 0 saturated heterocycles. The monoisotopic (exact) mass is 780 g/mol. The second-order valence-corrected chi connectivity index (χ2v) is 19.6. The maximum atomic E-state index is 13.7. The summed E-state index contributed by atoms with van der Waals surface area (Å²) in [6.07, 6.45) is 1.53. The van der Waals surface area contributed by atoms with Crippen molar-refractivity contribution < 1.29 is 28.7 Å². The normalized spacial score (nSPS) is 13.4. The molecular formula is C39H38ClInN2O6. The molecule has 0 aromatic heterocycles. The van der Waals surface area contributed by atoms with E-state index in [2.05, 4.69) is 13.0 Å². The molecule has 0 aliphatic carbocycles. The number of primary amides is 1. The number of carbonyl (C=O) groups is 4. The molecule has 0 spiro atoms. The van der Waals surface area contributed by atoms with Crippen molar-refractivity contribution in [2.24, 2.45) is 5.73 Å². The number of halogens is 1. The molecule has 1 aliphatic rings. The van der Waals surface area contributed by atoms with Gasteiger partial charge in [-0.05, 0) is 5.39 Å². The zero-order valence-electron chi connectivity index (χ0n) is 27.1. The molecule has 4 aromatic rings. The Bertz CT molecular complexity index is 1840. The molecule has 4 aromatic carbocycles. The zero-order chi connectivity index (χ0) is 34.6. The number of hydrogen-bond donors (Lipinski definition) is 2. The molecule has 1 aliphatic heterocycles. The molecule has 0 unspecified atom stereocenters. The molecule has 0 fully saturated rings. The van der Waals surface area contributed by atoms with Gasteiger partial charge in [-0.15, -0.1) is 0 Å². The van der Waals surface area contributed by atoms with Crippen molar-refractivity contribution in [1.29, 1.82) is 0 Å². The van der Waals surface area contributed by atoms with Gasteiger partial charge in [0.1, 0.15) is 0 Å². The molecule has 0 bridgehead atoms. The van der Waals surface area contributed by atoms with Crippen molar-refractivity contribution in [3.8, 4) is 0 Å². The number of amides is 2. The van der Waals surface area contributed by atoms with Crippen molar-refractivity contribution in [1.82, 2.24) is 5.32 Å². The molecule has 3 N–H and O–H groups in total. The molecule has 0 radical (unpaired) electrons. The van der Waals surface area contributed by atoms with Gasteiger partial charge in [-0.25, -0.2) is 0 Å². The number of carbonyl (C=O) groups excluding carboxylic acids is 4. The van der Waals surface area contributed by atoms with Crippen LogP contribution in [0, 0.1) is 0 Å². The number of nitrogens with two attached hydrogens (primary N) is 1. The van der Waals surface area contributed by atoms with Gasteiger partial charge in [-0.3, -0.25) is 0 Å². The summed E-state index contributed by atoms with van der Waals surface area (Å²) < 4.78 is 16.4. The van der Waals surface area contributed by atoms with Crippen LogP contribution in [-0.2, 0) is 45.9 Å². The summed E-state index contributed by atoms with van der Waals surface area (Å²) in [5, 5.41) is 5.60. The quantitative estimate of drug-likeness (QED) is 0.133. The van der Waals surface area contributed by atoms with E-state index in [-0.39, 0.29) is 44.6 Å². The van der Waals surface area contributed by atoms with Gasteiger partial charge in [0.15, 0.2) is 0 Å². The summed E-state index contributed by atoms with van der Waals surface area (Å²) in [6.45, 7) is 0.148. The molecule has 8 nitrogen and oxygen atoms in total. The molecule has 250 valence electrons. The number of fused-ring (bicyclic) bond motifs is 1. The van der Waals surface area contributed by atoms with Crippen molar-refractivity contribution in [3.63, 3.8) is 0 Å². The number of hydrogen-bond acceptors (Lipinski definition) is 6. The molecular weight excluding hydrogens is 743 g/mol. The van der Waals surface area contributed by atoms with Crippen LogP contribution in [0.2, 0.25) is 5.02 Å². The summed E-state index contributed by atoms with van der Waals surface area (Å²) in [6, 6.07) is 29.8. The van der Waals surface area contributed by atoms with Crippen molar-refractivity contribution >= 4 is 67.6 Å². The Balaban J connectivity index is 1.25. The van der Waals surface area contributed by atoms with Gasteiger partial charge in [0.2, 0.25) is 0 Å². The molecule has 2 amide bonds. The van der Waals surface area contributed by atoms with Crippen LogP contribution < -0.4 is 11.1 Å². The van der Waals surface area contributed by atoms with Crippen LogP contribution >= 0.6 is 11.6 Å². The summed E-state index contributed by atoms with van der Waals surface area (Å²) in [5.74, 6) is -2.10. The van der Waals surface area contributed by atoms with Crippen molar-refractivity contribution in [2.75, 3.05) is 0 Å². The van der Waals surface area contributed by atoms with Crippen LogP contribution in [0.15, 0.2) is 116 Å². The summed E-state index contributed by atoms with van der Waals surface area (Å²) in [5.41, 5.74) is 8.97. The molecule has 5 rings (SSSR count). The van der Waals surface area contributed by atoms with E-state index in [9.17, 15) is 19.2 Å². The fourth-order valence-electron chi connectivity index (χ4n) is 5.75. The SMILES string of the molecule is NC(=O)C[C@H](Cc1ccc2ccccc2c1)OC(=O)[C@H](CCCC(=O)OCc1ccccc1)NC(=O)C1=[CH][In]([CH2]c2ccc(Cl)cc2)[CH]=C1. The zero-order valence-corrected chi connectivity index (χ0v) is 31.1.